The minimum atomic E-state index is -0.143. The van der Waals surface area contributed by atoms with Crippen molar-refractivity contribution in [3.63, 3.8) is 0 Å². The molecule has 0 saturated carbocycles. The van der Waals surface area contributed by atoms with Crippen LogP contribution in [0.3, 0.4) is 0 Å². The van der Waals surface area contributed by atoms with Crippen molar-refractivity contribution >= 4 is 11.4 Å². The highest BCUT2D eigenvalue weighted by Gasteiger charge is 2.16. The van der Waals surface area contributed by atoms with Crippen LogP contribution in [-0.4, -0.2) is 9.97 Å². The average Bonchev–Trinajstić information content (AvgIpc) is 2.90. The second-order valence-electron chi connectivity index (χ2n) is 3.71. The van der Waals surface area contributed by atoms with Gasteiger partial charge in [0.1, 0.15) is 0 Å². The summed E-state index contributed by atoms with van der Waals surface area (Å²) in [5.74, 6) is 0.661. The summed E-state index contributed by atoms with van der Waals surface area (Å²) >= 11 is 0. The van der Waals surface area contributed by atoms with Gasteiger partial charge < -0.3 is 9.82 Å². The van der Waals surface area contributed by atoms with Crippen molar-refractivity contribution in [3.8, 4) is 0 Å². The van der Waals surface area contributed by atoms with Crippen molar-refractivity contribution in [2.24, 2.45) is 0 Å². The molecule has 2 aromatic rings. The van der Waals surface area contributed by atoms with E-state index in [-0.39, 0.29) is 5.56 Å². The fourth-order valence-corrected chi connectivity index (χ4v) is 1.59. The third-order valence-electron chi connectivity index (χ3n) is 2.49. The van der Waals surface area contributed by atoms with Crippen LogP contribution in [0.5, 0.6) is 0 Å². The maximum absolute atomic E-state index is 11.0. The Kier molecular flexibility index (Phi) is 2.54. The number of hydrazine groups is 1. The Morgan fingerprint density at radius 3 is 2.94 bits per heavy atom. The van der Waals surface area contributed by atoms with Crippen molar-refractivity contribution in [2.75, 3.05) is 5.01 Å². The zero-order valence-corrected chi connectivity index (χ0v) is 9.33. The highest BCUT2D eigenvalue weighted by molar-refractivity contribution is 5.64. The van der Waals surface area contributed by atoms with Gasteiger partial charge in [0.15, 0.2) is 5.76 Å². The number of H-pyrrole nitrogens is 1. The average molecular weight is 242 g/mol. The number of hydrogen-bond donors (Lipinski definition) is 2. The van der Waals surface area contributed by atoms with Crippen LogP contribution in [0.4, 0.5) is 5.69 Å². The zero-order chi connectivity index (χ0) is 12.4. The Balaban J connectivity index is 1.88. The number of aromatic nitrogens is 2. The topological polar surface area (TPSA) is 70.2 Å². The van der Waals surface area contributed by atoms with Crippen molar-refractivity contribution in [1.29, 1.82) is 0 Å². The molecule has 0 radical (unpaired) electrons. The molecule has 90 valence electrons. The summed E-state index contributed by atoms with van der Waals surface area (Å²) in [5, 5.41) is 1.66. The van der Waals surface area contributed by atoms with Crippen molar-refractivity contribution in [1.82, 2.24) is 15.6 Å². The second kappa shape index (κ2) is 4.34. The van der Waals surface area contributed by atoms with Gasteiger partial charge in [0, 0.05) is 30.2 Å². The number of rotatable bonds is 2. The highest BCUT2D eigenvalue weighted by Crippen LogP contribution is 2.22. The summed E-state index contributed by atoms with van der Waals surface area (Å²) in [7, 11) is 0. The standard InChI is InChI=1S/C12H10N4O2/c17-12-4-3-10(7-14-12)16-8-11(18-15-16)9-2-1-5-13-6-9/h1-8,15H,(H,14,17). The third-order valence-corrected chi connectivity index (χ3v) is 2.49. The molecule has 0 spiro atoms. The first kappa shape index (κ1) is 10.5. The largest absolute Gasteiger partial charge is 0.386 e. The molecule has 6 nitrogen and oxygen atoms in total. The van der Waals surface area contributed by atoms with Crippen LogP contribution in [-0.2, 0) is 4.84 Å². The summed E-state index contributed by atoms with van der Waals surface area (Å²) in [6.07, 6.45) is 6.79. The normalized spacial score (nSPS) is 14.2. The van der Waals surface area contributed by atoms with Gasteiger partial charge >= 0.3 is 0 Å². The van der Waals surface area contributed by atoms with E-state index in [1.165, 1.54) is 6.07 Å². The Labute approximate surface area is 102 Å². The van der Waals surface area contributed by atoms with Gasteiger partial charge in [-0.2, -0.15) is 0 Å². The van der Waals surface area contributed by atoms with Crippen LogP contribution in [0.2, 0.25) is 0 Å². The van der Waals surface area contributed by atoms with Gasteiger partial charge in [-0.1, -0.05) is 5.59 Å². The molecule has 2 aromatic heterocycles. The SMILES string of the molecule is O=c1ccc(N2C=C(c3cccnc3)ON2)c[nH]1. The van der Waals surface area contributed by atoms with E-state index in [0.717, 1.165) is 11.3 Å². The molecular weight excluding hydrogens is 232 g/mol. The molecule has 3 heterocycles. The summed E-state index contributed by atoms with van der Waals surface area (Å²) in [6.45, 7) is 0. The van der Waals surface area contributed by atoms with Crippen LogP contribution in [0.25, 0.3) is 5.76 Å². The molecule has 0 fully saturated rings. The zero-order valence-electron chi connectivity index (χ0n) is 9.33. The van der Waals surface area contributed by atoms with Gasteiger partial charge in [-0.3, -0.25) is 9.78 Å². The van der Waals surface area contributed by atoms with Gasteiger partial charge in [-0.05, 0) is 18.2 Å². The monoisotopic (exact) mass is 242 g/mol. The predicted octanol–water partition coefficient (Wildman–Crippen LogP) is 1.02. The lowest BCUT2D eigenvalue weighted by atomic mass is 10.2. The van der Waals surface area contributed by atoms with E-state index in [9.17, 15) is 4.79 Å². The summed E-state index contributed by atoms with van der Waals surface area (Å²) in [6, 6.07) is 6.88. The molecule has 2 N–H and O–H groups in total. The third kappa shape index (κ3) is 1.96. The number of pyridine rings is 2. The van der Waals surface area contributed by atoms with Crippen LogP contribution in [0, 0.1) is 0 Å². The number of hydrogen-bond acceptors (Lipinski definition) is 5. The first-order valence-corrected chi connectivity index (χ1v) is 5.35. The molecule has 0 aliphatic carbocycles. The molecule has 1 aliphatic rings. The van der Waals surface area contributed by atoms with Crippen molar-refractivity contribution < 1.29 is 4.84 Å². The lowest BCUT2D eigenvalue weighted by Gasteiger charge is -2.12. The Hall–Kier alpha value is -2.60. The molecule has 6 heteroatoms. The van der Waals surface area contributed by atoms with Crippen molar-refractivity contribution in [3.05, 3.63) is 65.0 Å². The van der Waals surface area contributed by atoms with E-state index in [2.05, 4.69) is 15.6 Å². The van der Waals surface area contributed by atoms with Crippen molar-refractivity contribution in [2.45, 2.75) is 0 Å². The van der Waals surface area contributed by atoms with E-state index in [4.69, 9.17) is 4.84 Å². The lowest BCUT2D eigenvalue weighted by Crippen LogP contribution is -2.27. The number of nitrogens with zero attached hydrogens (tertiary/aromatic N) is 2. The van der Waals surface area contributed by atoms with Crippen LogP contribution in [0.1, 0.15) is 5.56 Å². The molecular formula is C12H10N4O2. The minimum absolute atomic E-state index is 0.143. The molecule has 0 atom stereocenters. The molecule has 0 saturated heterocycles. The first-order valence-electron chi connectivity index (χ1n) is 5.35. The van der Waals surface area contributed by atoms with Crippen LogP contribution >= 0.6 is 0 Å². The smallest absolute Gasteiger partial charge is 0.248 e. The van der Waals surface area contributed by atoms with Gasteiger partial charge in [0.05, 0.1) is 11.9 Å². The number of nitrogens with one attached hydrogen (secondary N) is 2. The molecule has 0 aromatic carbocycles. The minimum Gasteiger partial charge on any atom is -0.386 e. The Bertz CT molecular complexity index is 616. The van der Waals surface area contributed by atoms with E-state index < -0.39 is 0 Å². The summed E-state index contributed by atoms with van der Waals surface area (Å²) in [4.78, 5) is 22.9. The quantitative estimate of drug-likeness (QED) is 0.823. The molecule has 0 unspecified atom stereocenters. The summed E-state index contributed by atoms with van der Waals surface area (Å²) < 4.78 is 0. The molecule has 3 rings (SSSR count). The predicted molar refractivity (Wildman–Crippen MR) is 66.0 cm³/mol. The Morgan fingerprint density at radius 2 is 2.22 bits per heavy atom. The fraction of sp³-hybridized carbons (Fsp3) is 0. The van der Waals surface area contributed by atoms with Crippen LogP contribution in [0.15, 0.2) is 53.9 Å². The Morgan fingerprint density at radius 1 is 1.28 bits per heavy atom. The maximum atomic E-state index is 11.0. The van der Waals surface area contributed by atoms with Gasteiger partial charge in [0.2, 0.25) is 5.56 Å². The van der Waals surface area contributed by atoms with E-state index >= 15 is 0 Å². The van der Waals surface area contributed by atoms with E-state index in [1.54, 1.807) is 35.9 Å². The number of anilines is 1. The van der Waals surface area contributed by atoms with Crippen LogP contribution < -0.4 is 16.2 Å². The van der Waals surface area contributed by atoms with Gasteiger partial charge in [-0.25, -0.2) is 5.01 Å². The second-order valence-corrected chi connectivity index (χ2v) is 3.71. The van der Waals surface area contributed by atoms with Gasteiger partial charge in [-0.15, -0.1) is 0 Å². The molecule has 0 bridgehead atoms. The molecule has 0 amide bonds. The van der Waals surface area contributed by atoms with E-state index in [1.807, 2.05) is 12.1 Å². The molecule has 1 aliphatic heterocycles. The lowest BCUT2D eigenvalue weighted by molar-refractivity contribution is 0.180. The van der Waals surface area contributed by atoms with Gasteiger partial charge in [0.25, 0.3) is 0 Å². The number of aromatic amines is 1. The maximum Gasteiger partial charge on any atom is 0.248 e. The molecule has 18 heavy (non-hydrogen) atoms. The highest BCUT2D eigenvalue weighted by atomic mass is 16.7. The van der Waals surface area contributed by atoms with E-state index in [0.29, 0.717) is 5.76 Å². The first-order chi connectivity index (χ1) is 8.83. The summed E-state index contributed by atoms with van der Waals surface area (Å²) in [5.41, 5.74) is 4.23. The fourth-order valence-electron chi connectivity index (χ4n) is 1.59.